The van der Waals surface area contributed by atoms with Crippen LogP contribution in [0.15, 0.2) is 12.1 Å². The molecule has 1 aromatic rings. The van der Waals surface area contributed by atoms with Crippen molar-refractivity contribution in [2.75, 3.05) is 18.0 Å². The molecule has 1 aromatic carbocycles. The SMILES string of the molecule is CCNC(C)c1cc(F)c(C)cc1N1CCCCC1CC. The van der Waals surface area contributed by atoms with E-state index in [0.717, 1.165) is 30.6 Å². The second-order valence-corrected chi connectivity index (χ2v) is 6.19. The molecule has 0 amide bonds. The van der Waals surface area contributed by atoms with E-state index in [-0.39, 0.29) is 11.9 Å². The van der Waals surface area contributed by atoms with Crippen LogP contribution in [0.25, 0.3) is 0 Å². The van der Waals surface area contributed by atoms with Gasteiger partial charge in [-0.15, -0.1) is 0 Å². The van der Waals surface area contributed by atoms with Crippen molar-refractivity contribution in [2.24, 2.45) is 0 Å². The molecule has 0 spiro atoms. The fraction of sp³-hybridized carbons (Fsp3) is 0.667. The highest BCUT2D eigenvalue weighted by Gasteiger charge is 2.25. The Morgan fingerprint density at radius 3 is 2.76 bits per heavy atom. The van der Waals surface area contributed by atoms with Gasteiger partial charge in [0.2, 0.25) is 0 Å². The van der Waals surface area contributed by atoms with Crippen LogP contribution in [0, 0.1) is 12.7 Å². The summed E-state index contributed by atoms with van der Waals surface area (Å²) in [6.07, 6.45) is 4.96. The second-order valence-electron chi connectivity index (χ2n) is 6.19. The molecule has 118 valence electrons. The maximum Gasteiger partial charge on any atom is 0.126 e. The van der Waals surface area contributed by atoms with Gasteiger partial charge in [0, 0.05) is 24.3 Å². The summed E-state index contributed by atoms with van der Waals surface area (Å²) in [6, 6.07) is 4.56. The molecule has 2 rings (SSSR count). The van der Waals surface area contributed by atoms with Gasteiger partial charge in [-0.25, -0.2) is 4.39 Å². The van der Waals surface area contributed by atoms with E-state index in [1.807, 2.05) is 13.0 Å². The summed E-state index contributed by atoms with van der Waals surface area (Å²) in [5.41, 5.74) is 3.08. The van der Waals surface area contributed by atoms with E-state index in [9.17, 15) is 4.39 Å². The number of piperidine rings is 1. The molecule has 1 saturated heterocycles. The van der Waals surface area contributed by atoms with E-state index in [1.54, 1.807) is 6.07 Å². The van der Waals surface area contributed by atoms with Gasteiger partial charge in [-0.3, -0.25) is 0 Å². The molecule has 0 radical (unpaired) electrons. The summed E-state index contributed by atoms with van der Waals surface area (Å²) < 4.78 is 14.1. The maximum absolute atomic E-state index is 14.1. The summed E-state index contributed by atoms with van der Waals surface area (Å²) >= 11 is 0. The van der Waals surface area contributed by atoms with Crippen molar-refractivity contribution in [1.82, 2.24) is 5.32 Å². The quantitative estimate of drug-likeness (QED) is 0.855. The number of hydrogen-bond acceptors (Lipinski definition) is 2. The van der Waals surface area contributed by atoms with E-state index in [4.69, 9.17) is 0 Å². The monoisotopic (exact) mass is 292 g/mol. The Bertz CT molecular complexity index is 473. The molecule has 2 nitrogen and oxygen atoms in total. The van der Waals surface area contributed by atoms with Crippen molar-refractivity contribution in [2.45, 2.75) is 65.5 Å². The van der Waals surface area contributed by atoms with Crippen molar-refractivity contribution < 1.29 is 4.39 Å². The number of hydrogen-bond donors (Lipinski definition) is 1. The number of nitrogens with one attached hydrogen (secondary N) is 1. The van der Waals surface area contributed by atoms with Crippen LogP contribution in [0.4, 0.5) is 10.1 Å². The number of halogens is 1. The van der Waals surface area contributed by atoms with Gasteiger partial charge in [0.15, 0.2) is 0 Å². The summed E-state index contributed by atoms with van der Waals surface area (Å²) in [5, 5.41) is 3.43. The highest BCUT2D eigenvalue weighted by molar-refractivity contribution is 5.58. The molecule has 1 fully saturated rings. The fourth-order valence-corrected chi connectivity index (χ4v) is 3.44. The van der Waals surface area contributed by atoms with Gasteiger partial charge in [0.25, 0.3) is 0 Å². The molecule has 0 aliphatic carbocycles. The van der Waals surface area contributed by atoms with E-state index in [0.29, 0.717) is 6.04 Å². The van der Waals surface area contributed by atoms with Gasteiger partial charge in [0.05, 0.1) is 0 Å². The average molecular weight is 292 g/mol. The Balaban J connectivity index is 2.42. The van der Waals surface area contributed by atoms with Gasteiger partial charge >= 0.3 is 0 Å². The normalized spacial score (nSPS) is 20.6. The van der Waals surface area contributed by atoms with Crippen LogP contribution in [-0.2, 0) is 0 Å². The molecule has 0 saturated carbocycles. The Labute approximate surface area is 128 Å². The molecule has 1 N–H and O–H groups in total. The molecule has 1 heterocycles. The molecule has 21 heavy (non-hydrogen) atoms. The number of aryl methyl sites for hydroxylation is 1. The van der Waals surface area contributed by atoms with Gasteiger partial charge in [-0.2, -0.15) is 0 Å². The highest BCUT2D eigenvalue weighted by Crippen LogP contribution is 2.34. The number of benzene rings is 1. The molecule has 3 heteroatoms. The van der Waals surface area contributed by atoms with Gasteiger partial charge in [0.1, 0.15) is 5.82 Å². The lowest BCUT2D eigenvalue weighted by molar-refractivity contribution is 0.446. The lowest BCUT2D eigenvalue weighted by atomic mass is 9.95. The lowest BCUT2D eigenvalue weighted by Crippen LogP contribution is -2.40. The first-order valence-electron chi connectivity index (χ1n) is 8.38. The number of nitrogens with zero attached hydrogens (tertiary/aromatic N) is 1. The van der Waals surface area contributed by atoms with Gasteiger partial charge < -0.3 is 10.2 Å². The minimum absolute atomic E-state index is 0.0939. The zero-order valence-corrected chi connectivity index (χ0v) is 13.9. The predicted octanol–water partition coefficient (Wildman–Crippen LogP) is 4.57. The van der Waals surface area contributed by atoms with Crippen LogP contribution in [0.1, 0.15) is 63.6 Å². The third-order valence-corrected chi connectivity index (χ3v) is 4.69. The van der Waals surface area contributed by atoms with Crippen molar-refractivity contribution in [1.29, 1.82) is 0 Å². The highest BCUT2D eigenvalue weighted by atomic mass is 19.1. The van der Waals surface area contributed by atoms with Crippen molar-refractivity contribution in [3.05, 3.63) is 29.1 Å². The number of rotatable bonds is 5. The van der Waals surface area contributed by atoms with E-state index < -0.39 is 0 Å². The second kappa shape index (κ2) is 7.26. The summed E-state index contributed by atoms with van der Waals surface area (Å²) in [6.45, 7) is 10.3. The zero-order chi connectivity index (χ0) is 15.4. The third-order valence-electron chi connectivity index (χ3n) is 4.69. The first kappa shape index (κ1) is 16.3. The van der Waals surface area contributed by atoms with E-state index >= 15 is 0 Å². The lowest BCUT2D eigenvalue weighted by Gasteiger charge is -2.39. The minimum atomic E-state index is -0.0939. The molecule has 0 aromatic heterocycles. The standard InChI is InChI=1S/C18H29FN2/c1-5-15-9-7-8-10-21(15)18-11-13(3)17(19)12-16(18)14(4)20-6-2/h11-12,14-15,20H,5-10H2,1-4H3. The molecule has 0 bridgehead atoms. The van der Waals surface area contributed by atoms with Crippen molar-refractivity contribution >= 4 is 5.69 Å². The van der Waals surface area contributed by atoms with Crippen LogP contribution in [-0.4, -0.2) is 19.1 Å². The Kier molecular flexibility index (Phi) is 5.63. The number of anilines is 1. The molecular formula is C18H29FN2. The van der Waals surface area contributed by atoms with Crippen LogP contribution in [0.2, 0.25) is 0 Å². The van der Waals surface area contributed by atoms with Gasteiger partial charge in [-0.05, 0) is 69.3 Å². The van der Waals surface area contributed by atoms with E-state index in [2.05, 4.69) is 31.0 Å². The molecule has 2 atom stereocenters. The average Bonchev–Trinajstić information content (AvgIpc) is 2.49. The van der Waals surface area contributed by atoms with E-state index in [1.165, 1.54) is 24.9 Å². The summed E-state index contributed by atoms with van der Waals surface area (Å²) in [5.74, 6) is -0.0939. The maximum atomic E-state index is 14.1. The van der Waals surface area contributed by atoms with Crippen molar-refractivity contribution in [3.63, 3.8) is 0 Å². The smallest absolute Gasteiger partial charge is 0.126 e. The Hall–Kier alpha value is -1.09. The topological polar surface area (TPSA) is 15.3 Å². The fourth-order valence-electron chi connectivity index (χ4n) is 3.44. The van der Waals surface area contributed by atoms with Crippen molar-refractivity contribution in [3.8, 4) is 0 Å². The molecule has 1 aliphatic rings. The Morgan fingerprint density at radius 2 is 2.10 bits per heavy atom. The summed E-state index contributed by atoms with van der Waals surface area (Å²) in [4.78, 5) is 2.51. The minimum Gasteiger partial charge on any atom is -0.368 e. The zero-order valence-electron chi connectivity index (χ0n) is 13.9. The first-order valence-corrected chi connectivity index (χ1v) is 8.38. The Morgan fingerprint density at radius 1 is 1.33 bits per heavy atom. The largest absolute Gasteiger partial charge is 0.368 e. The van der Waals surface area contributed by atoms with Crippen LogP contribution in [0.5, 0.6) is 0 Å². The third kappa shape index (κ3) is 3.57. The molecular weight excluding hydrogens is 263 g/mol. The van der Waals surface area contributed by atoms with Crippen LogP contribution in [0.3, 0.4) is 0 Å². The first-order chi connectivity index (χ1) is 10.1. The van der Waals surface area contributed by atoms with Gasteiger partial charge in [-0.1, -0.05) is 13.8 Å². The molecule has 2 unspecified atom stereocenters. The van der Waals surface area contributed by atoms with Crippen LogP contribution < -0.4 is 10.2 Å². The molecule has 1 aliphatic heterocycles. The summed E-state index contributed by atoms with van der Waals surface area (Å²) in [7, 11) is 0. The van der Waals surface area contributed by atoms with Crippen LogP contribution >= 0.6 is 0 Å². The predicted molar refractivity (Wildman–Crippen MR) is 88.5 cm³/mol.